The number of nitrogens with two attached hydrogens (primary N) is 1. The zero-order valence-electron chi connectivity index (χ0n) is 18.5. The van der Waals surface area contributed by atoms with Gasteiger partial charge < -0.3 is 16.4 Å². The lowest BCUT2D eigenvalue weighted by Crippen LogP contribution is -2.50. The number of pyridine rings is 1. The molecule has 32 heavy (non-hydrogen) atoms. The molecule has 0 aliphatic heterocycles. The van der Waals surface area contributed by atoms with Crippen LogP contribution in [0.5, 0.6) is 0 Å². The van der Waals surface area contributed by atoms with Crippen LogP contribution in [-0.2, 0) is 22.6 Å². The van der Waals surface area contributed by atoms with Crippen molar-refractivity contribution in [3.05, 3.63) is 59.3 Å². The molecule has 174 valence electrons. The van der Waals surface area contributed by atoms with Crippen LogP contribution < -0.4 is 16.4 Å². The van der Waals surface area contributed by atoms with Gasteiger partial charge in [-0.05, 0) is 55.3 Å². The zero-order valence-corrected chi connectivity index (χ0v) is 18.5. The fraction of sp³-hybridized carbons (Fsp3) is 0.435. The highest BCUT2D eigenvalue weighted by Gasteiger charge is 2.23. The molecule has 7 nitrogen and oxygen atoms in total. The average Bonchev–Trinajstić information content (AvgIpc) is 2.75. The van der Waals surface area contributed by atoms with E-state index >= 15 is 0 Å². The van der Waals surface area contributed by atoms with Crippen LogP contribution >= 0.6 is 0 Å². The Morgan fingerprint density at radius 2 is 1.75 bits per heavy atom. The second-order valence-electron chi connectivity index (χ2n) is 7.66. The van der Waals surface area contributed by atoms with E-state index in [0.717, 1.165) is 43.6 Å². The number of aromatic nitrogens is 1. The first-order chi connectivity index (χ1) is 15.3. The van der Waals surface area contributed by atoms with Crippen molar-refractivity contribution in [2.75, 3.05) is 25.4 Å². The Kier molecular flexibility index (Phi) is 10.0. The Hall–Kier alpha value is -3.07. The van der Waals surface area contributed by atoms with Crippen molar-refractivity contribution in [2.24, 2.45) is 0 Å². The topological polar surface area (TPSA) is 100 Å². The van der Waals surface area contributed by atoms with Crippen molar-refractivity contribution < 1.29 is 18.4 Å². The Balaban J connectivity index is 2.09. The second kappa shape index (κ2) is 12.7. The fourth-order valence-corrected chi connectivity index (χ4v) is 3.31. The number of benzene rings is 1. The van der Waals surface area contributed by atoms with Gasteiger partial charge in [0.1, 0.15) is 11.9 Å². The number of halogens is 2. The molecule has 0 aliphatic rings. The van der Waals surface area contributed by atoms with Crippen LogP contribution in [0, 0.1) is 11.6 Å². The molecule has 0 bridgehead atoms. The molecule has 0 saturated carbocycles. The van der Waals surface area contributed by atoms with E-state index in [1.165, 1.54) is 6.07 Å². The SMILES string of the molecule is CCCN(CCC)CC(=O)NC(Cc1ccc(F)c(F)c1)C(=O)NCc1ccc(N)nc1. The quantitative estimate of drug-likeness (QED) is 0.464. The third-order valence-corrected chi connectivity index (χ3v) is 4.84. The van der Waals surface area contributed by atoms with Gasteiger partial charge in [-0.15, -0.1) is 0 Å². The number of nitrogen functional groups attached to an aromatic ring is 1. The standard InChI is InChI=1S/C23H31F2N5O2/c1-3-9-30(10-4-2)15-22(31)29-20(12-16-5-7-18(24)19(25)11-16)23(32)28-14-17-6-8-21(26)27-13-17/h5-8,11,13,20H,3-4,9-10,12,14-15H2,1-2H3,(H2,26,27)(H,28,32)(H,29,31). The molecule has 1 atom stereocenters. The van der Waals surface area contributed by atoms with Crippen LogP contribution in [0.25, 0.3) is 0 Å². The minimum Gasteiger partial charge on any atom is -0.384 e. The second-order valence-corrected chi connectivity index (χ2v) is 7.66. The number of nitrogens with zero attached hydrogens (tertiary/aromatic N) is 2. The lowest BCUT2D eigenvalue weighted by Gasteiger charge is -2.23. The number of hydrogen-bond donors (Lipinski definition) is 3. The van der Waals surface area contributed by atoms with Crippen LogP contribution in [0.3, 0.4) is 0 Å². The van der Waals surface area contributed by atoms with Crippen molar-refractivity contribution in [3.63, 3.8) is 0 Å². The van der Waals surface area contributed by atoms with E-state index in [9.17, 15) is 18.4 Å². The fourth-order valence-electron chi connectivity index (χ4n) is 3.31. The van der Waals surface area contributed by atoms with Gasteiger partial charge in [0.05, 0.1) is 6.54 Å². The van der Waals surface area contributed by atoms with E-state index in [1.807, 2.05) is 18.7 Å². The number of carbonyl (C=O) groups is 2. The molecule has 0 radical (unpaired) electrons. The van der Waals surface area contributed by atoms with Gasteiger partial charge >= 0.3 is 0 Å². The molecule has 1 aromatic carbocycles. The molecule has 1 heterocycles. The number of amides is 2. The van der Waals surface area contributed by atoms with Gasteiger partial charge in [0.2, 0.25) is 11.8 Å². The highest BCUT2D eigenvalue weighted by molar-refractivity contribution is 5.88. The lowest BCUT2D eigenvalue weighted by atomic mass is 10.0. The number of hydrogen-bond acceptors (Lipinski definition) is 5. The minimum absolute atomic E-state index is 0.0241. The summed E-state index contributed by atoms with van der Waals surface area (Å²) in [6.07, 6.45) is 3.38. The van der Waals surface area contributed by atoms with Crippen molar-refractivity contribution >= 4 is 17.6 Å². The molecule has 0 saturated heterocycles. The summed E-state index contributed by atoms with van der Waals surface area (Å²) in [5, 5.41) is 5.51. The summed E-state index contributed by atoms with van der Waals surface area (Å²) in [5.74, 6) is -2.34. The van der Waals surface area contributed by atoms with Crippen LogP contribution in [0.1, 0.15) is 37.8 Å². The van der Waals surface area contributed by atoms with Crippen molar-refractivity contribution in [1.29, 1.82) is 0 Å². The number of carbonyl (C=O) groups excluding carboxylic acids is 2. The summed E-state index contributed by atoms with van der Waals surface area (Å²) in [6, 6.07) is 5.85. The molecular formula is C23H31F2N5O2. The molecular weight excluding hydrogens is 416 g/mol. The molecule has 1 aromatic heterocycles. The number of nitrogens with one attached hydrogen (secondary N) is 2. The maximum atomic E-state index is 13.7. The van der Waals surface area contributed by atoms with Crippen LogP contribution in [0.4, 0.5) is 14.6 Å². The Morgan fingerprint density at radius 1 is 1.06 bits per heavy atom. The van der Waals surface area contributed by atoms with Crippen LogP contribution in [0.15, 0.2) is 36.5 Å². The van der Waals surface area contributed by atoms with Crippen LogP contribution in [-0.4, -0.2) is 47.4 Å². The van der Waals surface area contributed by atoms with E-state index < -0.39 is 23.6 Å². The van der Waals surface area contributed by atoms with Gasteiger partial charge in [-0.1, -0.05) is 26.0 Å². The first kappa shape index (κ1) is 25.2. The summed E-state index contributed by atoms with van der Waals surface area (Å²) in [4.78, 5) is 31.5. The number of anilines is 1. The predicted octanol–water partition coefficient (Wildman–Crippen LogP) is 2.41. The Labute approximate surface area is 187 Å². The maximum absolute atomic E-state index is 13.7. The number of rotatable bonds is 12. The Bertz CT molecular complexity index is 886. The molecule has 4 N–H and O–H groups in total. The maximum Gasteiger partial charge on any atom is 0.243 e. The van der Waals surface area contributed by atoms with Crippen molar-refractivity contribution in [3.8, 4) is 0 Å². The normalized spacial score (nSPS) is 11.9. The predicted molar refractivity (Wildman–Crippen MR) is 120 cm³/mol. The lowest BCUT2D eigenvalue weighted by molar-refractivity contribution is -0.129. The van der Waals surface area contributed by atoms with Gasteiger partial charge in [0, 0.05) is 19.2 Å². The monoisotopic (exact) mass is 447 g/mol. The molecule has 1 unspecified atom stereocenters. The summed E-state index contributed by atoms with van der Waals surface area (Å²) >= 11 is 0. The third-order valence-electron chi connectivity index (χ3n) is 4.84. The zero-order chi connectivity index (χ0) is 23.5. The first-order valence-corrected chi connectivity index (χ1v) is 10.8. The molecule has 0 aliphatic carbocycles. The third kappa shape index (κ3) is 8.22. The largest absolute Gasteiger partial charge is 0.384 e. The smallest absolute Gasteiger partial charge is 0.243 e. The van der Waals surface area contributed by atoms with Gasteiger partial charge in [0.25, 0.3) is 0 Å². The highest BCUT2D eigenvalue weighted by Crippen LogP contribution is 2.11. The average molecular weight is 448 g/mol. The van der Waals surface area contributed by atoms with Gasteiger partial charge in [0.15, 0.2) is 11.6 Å². The van der Waals surface area contributed by atoms with E-state index in [2.05, 4.69) is 15.6 Å². The van der Waals surface area contributed by atoms with Crippen molar-refractivity contribution in [2.45, 2.75) is 45.7 Å². The van der Waals surface area contributed by atoms with E-state index in [1.54, 1.807) is 18.3 Å². The molecule has 2 amide bonds. The molecule has 2 rings (SSSR count). The van der Waals surface area contributed by atoms with Gasteiger partial charge in [-0.25, -0.2) is 13.8 Å². The first-order valence-electron chi connectivity index (χ1n) is 10.8. The summed E-state index contributed by atoms with van der Waals surface area (Å²) in [7, 11) is 0. The van der Waals surface area contributed by atoms with Crippen LogP contribution in [0.2, 0.25) is 0 Å². The molecule has 0 spiro atoms. The van der Waals surface area contributed by atoms with Gasteiger partial charge in [-0.3, -0.25) is 14.5 Å². The van der Waals surface area contributed by atoms with E-state index in [0.29, 0.717) is 11.4 Å². The molecule has 9 heteroatoms. The minimum atomic E-state index is -1.00. The summed E-state index contributed by atoms with van der Waals surface area (Å²) in [6.45, 7) is 5.95. The van der Waals surface area contributed by atoms with E-state index in [-0.39, 0.29) is 25.4 Å². The summed E-state index contributed by atoms with van der Waals surface area (Å²) in [5.41, 5.74) is 6.71. The molecule has 2 aromatic rings. The van der Waals surface area contributed by atoms with Crippen molar-refractivity contribution in [1.82, 2.24) is 20.5 Å². The Morgan fingerprint density at radius 3 is 2.34 bits per heavy atom. The molecule has 0 fully saturated rings. The van der Waals surface area contributed by atoms with E-state index in [4.69, 9.17) is 5.73 Å². The highest BCUT2D eigenvalue weighted by atomic mass is 19.2. The van der Waals surface area contributed by atoms with Gasteiger partial charge in [-0.2, -0.15) is 0 Å². The summed E-state index contributed by atoms with van der Waals surface area (Å²) < 4.78 is 26.9.